The molecule has 0 amide bonds. The van der Waals surface area contributed by atoms with Crippen LogP contribution in [0.25, 0.3) is 38.2 Å². The molecule has 0 aliphatic heterocycles. The van der Waals surface area contributed by atoms with Crippen molar-refractivity contribution in [3.63, 3.8) is 0 Å². The van der Waals surface area contributed by atoms with E-state index in [2.05, 4.69) is 97.1 Å². The lowest BCUT2D eigenvalue weighted by Gasteiger charge is -2.19. The molecule has 1 aliphatic rings. The lowest BCUT2D eigenvalue weighted by molar-refractivity contribution is 1.06. The first kappa shape index (κ1) is 15.2. The SMILES string of the molecule is C1=CCCC(c2c3ccccc3c(-c3ccccc3)c3ccccc23)=C1. The van der Waals surface area contributed by atoms with Gasteiger partial charge >= 0.3 is 0 Å². The van der Waals surface area contributed by atoms with Crippen molar-refractivity contribution >= 4 is 27.1 Å². The van der Waals surface area contributed by atoms with Crippen LogP contribution in [0.3, 0.4) is 0 Å². The minimum Gasteiger partial charge on any atom is -0.0842 e. The quantitative estimate of drug-likeness (QED) is 0.336. The predicted molar refractivity (Wildman–Crippen MR) is 113 cm³/mol. The van der Waals surface area contributed by atoms with E-state index in [-0.39, 0.29) is 0 Å². The highest BCUT2D eigenvalue weighted by Gasteiger charge is 2.17. The van der Waals surface area contributed by atoms with E-state index in [0.29, 0.717) is 0 Å². The lowest BCUT2D eigenvalue weighted by Crippen LogP contribution is -1.95. The van der Waals surface area contributed by atoms with E-state index < -0.39 is 0 Å². The molecule has 5 rings (SSSR count). The summed E-state index contributed by atoms with van der Waals surface area (Å²) in [7, 11) is 0. The summed E-state index contributed by atoms with van der Waals surface area (Å²) in [5.41, 5.74) is 5.47. The maximum absolute atomic E-state index is 2.29. The van der Waals surface area contributed by atoms with Crippen molar-refractivity contribution < 1.29 is 0 Å². The maximum Gasteiger partial charge on any atom is -0.00264 e. The minimum absolute atomic E-state index is 1.11. The second-order valence-electron chi connectivity index (χ2n) is 6.87. The van der Waals surface area contributed by atoms with Crippen LogP contribution in [0, 0.1) is 0 Å². The second kappa shape index (κ2) is 6.31. The molecule has 124 valence electrons. The highest BCUT2D eigenvalue weighted by molar-refractivity contribution is 6.18. The molecule has 4 aromatic carbocycles. The third kappa shape index (κ3) is 2.38. The normalized spacial score (nSPS) is 13.9. The Kier molecular flexibility index (Phi) is 3.68. The molecule has 4 aromatic rings. The van der Waals surface area contributed by atoms with Crippen LogP contribution in [0.15, 0.2) is 97.1 Å². The molecule has 0 bridgehead atoms. The minimum atomic E-state index is 1.11. The molecule has 0 fully saturated rings. The van der Waals surface area contributed by atoms with E-state index in [9.17, 15) is 0 Å². The van der Waals surface area contributed by atoms with E-state index in [1.54, 1.807) is 0 Å². The van der Waals surface area contributed by atoms with Gasteiger partial charge in [0.25, 0.3) is 0 Å². The van der Waals surface area contributed by atoms with Crippen molar-refractivity contribution in [1.82, 2.24) is 0 Å². The van der Waals surface area contributed by atoms with Gasteiger partial charge in [0.15, 0.2) is 0 Å². The molecule has 0 heteroatoms. The number of benzene rings is 4. The molecule has 0 atom stereocenters. The molecular formula is C26H20. The molecule has 0 nitrogen and oxygen atoms in total. The fourth-order valence-electron chi connectivity index (χ4n) is 4.20. The zero-order valence-electron chi connectivity index (χ0n) is 14.7. The topological polar surface area (TPSA) is 0 Å². The molecule has 0 unspecified atom stereocenters. The standard InChI is InChI=1S/C26H20/c1-3-11-19(12-4-1)25-21-15-7-9-17-23(21)26(20-13-5-2-6-14-20)24-18-10-8-16-22(24)25/h1-5,7-13,15-18H,6,14H2. The van der Waals surface area contributed by atoms with Gasteiger partial charge in [-0.2, -0.15) is 0 Å². The third-order valence-electron chi connectivity index (χ3n) is 5.33. The molecule has 0 spiro atoms. The van der Waals surface area contributed by atoms with Gasteiger partial charge in [0.1, 0.15) is 0 Å². The van der Waals surface area contributed by atoms with E-state index >= 15 is 0 Å². The van der Waals surface area contributed by atoms with Gasteiger partial charge in [0, 0.05) is 0 Å². The fourth-order valence-corrected chi connectivity index (χ4v) is 4.20. The summed E-state index contributed by atoms with van der Waals surface area (Å²) in [6, 6.07) is 28.5. The van der Waals surface area contributed by atoms with Crippen molar-refractivity contribution in [2.75, 3.05) is 0 Å². The van der Waals surface area contributed by atoms with Gasteiger partial charge in [0.2, 0.25) is 0 Å². The summed E-state index contributed by atoms with van der Waals surface area (Å²) in [4.78, 5) is 0. The lowest BCUT2D eigenvalue weighted by atomic mass is 9.84. The van der Waals surface area contributed by atoms with E-state index in [1.807, 2.05) is 0 Å². The van der Waals surface area contributed by atoms with Crippen LogP contribution in [0.2, 0.25) is 0 Å². The van der Waals surface area contributed by atoms with Crippen LogP contribution >= 0.6 is 0 Å². The Morgan fingerprint density at radius 2 is 1.08 bits per heavy atom. The van der Waals surface area contributed by atoms with Crippen LogP contribution in [0.5, 0.6) is 0 Å². The largest absolute Gasteiger partial charge is 0.0842 e. The second-order valence-corrected chi connectivity index (χ2v) is 6.87. The number of hydrogen-bond donors (Lipinski definition) is 0. The van der Waals surface area contributed by atoms with Crippen molar-refractivity contribution in [3.05, 3.63) is 103 Å². The first-order valence-corrected chi connectivity index (χ1v) is 9.28. The van der Waals surface area contributed by atoms with Crippen molar-refractivity contribution in [1.29, 1.82) is 0 Å². The van der Waals surface area contributed by atoms with Crippen LogP contribution < -0.4 is 0 Å². The summed E-state index contributed by atoms with van der Waals surface area (Å²) in [5, 5.41) is 5.38. The molecule has 1 aliphatic carbocycles. The molecule has 0 radical (unpaired) electrons. The Hall–Kier alpha value is -3.12. The average molecular weight is 332 g/mol. The van der Waals surface area contributed by atoms with Crippen LogP contribution in [0.1, 0.15) is 18.4 Å². The van der Waals surface area contributed by atoms with Crippen LogP contribution in [0.4, 0.5) is 0 Å². The Labute approximate surface area is 154 Å². The monoisotopic (exact) mass is 332 g/mol. The molecular weight excluding hydrogens is 312 g/mol. The van der Waals surface area contributed by atoms with Gasteiger partial charge < -0.3 is 0 Å². The summed E-state index contributed by atoms with van der Waals surface area (Å²) < 4.78 is 0. The zero-order valence-corrected chi connectivity index (χ0v) is 14.7. The van der Waals surface area contributed by atoms with Gasteiger partial charge in [-0.15, -0.1) is 0 Å². The van der Waals surface area contributed by atoms with Crippen molar-refractivity contribution in [2.24, 2.45) is 0 Å². The van der Waals surface area contributed by atoms with Gasteiger partial charge in [-0.1, -0.05) is 97.1 Å². The highest BCUT2D eigenvalue weighted by Crippen LogP contribution is 2.42. The Morgan fingerprint density at radius 3 is 1.62 bits per heavy atom. The number of rotatable bonds is 2. The highest BCUT2D eigenvalue weighted by atomic mass is 14.2. The molecule has 0 N–H and O–H groups in total. The first-order valence-electron chi connectivity index (χ1n) is 9.28. The van der Waals surface area contributed by atoms with Crippen LogP contribution in [-0.4, -0.2) is 0 Å². The zero-order chi connectivity index (χ0) is 17.3. The fraction of sp³-hybridized carbons (Fsp3) is 0.0769. The third-order valence-corrected chi connectivity index (χ3v) is 5.33. The van der Waals surface area contributed by atoms with Gasteiger partial charge in [-0.3, -0.25) is 0 Å². The van der Waals surface area contributed by atoms with Gasteiger partial charge in [-0.25, -0.2) is 0 Å². The number of hydrogen-bond acceptors (Lipinski definition) is 0. The van der Waals surface area contributed by atoms with E-state index in [4.69, 9.17) is 0 Å². The van der Waals surface area contributed by atoms with Gasteiger partial charge in [-0.05, 0) is 56.6 Å². The summed E-state index contributed by atoms with van der Waals surface area (Å²) >= 11 is 0. The van der Waals surface area contributed by atoms with Crippen LogP contribution in [-0.2, 0) is 0 Å². The molecule has 26 heavy (non-hydrogen) atoms. The molecule has 0 saturated carbocycles. The predicted octanol–water partition coefficient (Wildman–Crippen LogP) is 7.39. The molecule has 0 aromatic heterocycles. The van der Waals surface area contributed by atoms with Gasteiger partial charge in [0.05, 0.1) is 0 Å². The first-order chi connectivity index (χ1) is 12.9. The van der Waals surface area contributed by atoms with Crippen molar-refractivity contribution in [2.45, 2.75) is 12.8 Å². The Balaban J connectivity index is 1.98. The number of allylic oxidation sites excluding steroid dienone is 4. The molecule has 0 heterocycles. The number of fused-ring (bicyclic) bond motifs is 2. The van der Waals surface area contributed by atoms with Crippen molar-refractivity contribution in [3.8, 4) is 11.1 Å². The summed E-state index contributed by atoms with van der Waals surface area (Å²) in [6.45, 7) is 0. The van der Waals surface area contributed by atoms with E-state index in [1.165, 1.54) is 43.8 Å². The summed E-state index contributed by atoms with van der Waals surface area (Å²) in [5.74, 6) is 0. The smallest absolute Gasteiger partial charge is 0.00264 e. The average Bonchev–Trinajstić information content (AvgIpc) is 2.73. The molecule has 0 saturated heterocycles. The summed E-state index contributed by atoms with van der Waals surface area (Å²) in [6.07, 6.45) is 8.98. The Bertz CT molecular complexity index is 1100. The van der Waals surface area contributed by atoms with E-state index in [0.717, 1.165) is 12.8 Å². The maximum atomic E-state index is 2.29. The Morgan fingerprint density at radius 1 is 0.538 bits per heavy atom.